The topological polar surface area (TPSA) is 39.2 Å². The van der Waals surface area contributed by atoms with Gasteiger partial charge in [0.15, 0.2) is 0 Å². The Bertz CT molecular complexity index is 1330. The molecule has 0 fully saturated rings. The van der Waals surface area contributed by atoms with Crippen molar-refractivity contribution in [3.8, 4) is 11.8 Å². The number of hydrogen-bond acceptors (Lipinski definition) is 4. The van der Waals surface area contributed by atoms with Crippen LogP contribution in [0.1, 0.15) is 35.1 Å². The Morgan fingerprint density at radius 1 is 1.05 bits per heavy atom. The minimum absolute atomic E-state index is 0.123. The molecule has 0 radical (unpaired) electrons. The van der Waals surface area contributed by atoms with E-state index in [4.69, 9.17) is 0 Å². The number of halogens is 3. The monoisotopic (exact) mass is 504 g/mol. The maximum atomic E-state index is 13.7. The first kappa shape index (κ1) is 24.8. The number of carbonyl (C=O) groups excluding carboxylic acids is 1. The van der Waals surface area contributed by atoms with E-state index in [-0.39, 0.29) is 12.5 Å². The van der Waals surface area contributed by atoms with Crippen molar-refractivity contribution < 1.29 is 18.0 Å². The number of alkyl halides is 3. The number of hydrogen-bond donors (Lipinski definition) is 0. The highest BCUT2D eigenvalue weighted by Crippen LogP contribution is 2.33. The summed E-state index contributed by atoms with van der Waals surface area (Å²) in [7, 11) is 0. The highest BCUT2D eigenvalue weighted by atomic mass is 19.4. The van der Waals surface area contributed by atoms with Crippen LogP contribution >= 0.6 is 0 Å². The third-order valence-corrected chi connectivity index (χ3v) is 6.77. The highest BCUT2D eigenvalue weighted by Gasteiger charge is 2.40. The Balaban J connectivity index is 1.37. The molecule has 0 aliphatic carbocycles. The van der Waals surface area contributed by atoms with Crippen LogP contribution in [0.3, 0.4) is 0 Å². The van der Waals surface area contributed by atoms with Crippen LogP contribution in [-0.4, -0.2) is 52.7 Å². The Hall–Kier alpha value is -3.83. The summed E-state index contributed by atoms with van der Waals surface area (Å²) in [5, 5.41) is 0. The Morgan fingerprint density at radius 2 is 1.86 bits per heavy atom. The molecular formula is C29H27F3N4O. The van der Waals surface area contributed by atoms with Crippen molar-refractivity contribution >= 4 is 11.9 Å². The van der Waals surface area contributed by atoms with Gasteiger partial charge in [-0.1, -0.05) is 42.7 Å². The summed E-state index contributed by atoms with van der Waals surface area (Å²) in [6.45, 7) is 7.22. The van der Waals surface area contributed by atoms with Gasteiger partial charge in [-0.25, -0.2) is 0 Å². The molecule has 0 bridgehead atoms. The summed E-state index contributed by atoms with van der Waals surface area (Å²) in [5.41, 5.74) is 3.72. The molecule has 0 spiro atoms. The quantitative estimate of drug-likeness (QED) is 0.562. The van der Waals surface area contributed by atoms with Crippen molar-refractivity contribution in [2.75, 3.05) is 26.2 Å². The van der Waals surface area contributed by atoms with Gasteiger partial charge in [-0.2, -0.15) is 13.2 Å². The van der Waals surface area contributed by atoms with E-state index in [0.717, 1.165) is 60.5 Å². The first-order chi connectivity index (χ1) is 17.8. The van der Waals surface area contributed by atoms with Gasteiger partial charge in [-0.3, -0.25) is 19.6 Å². The van der Waals surface area contributed by atoms with Crippen LogP contribution in [0.15, 0.2) is 77.4 Å². The number of guanidine groups is 1. The van der Waals surface area contributed by atoms with E-state index in [2.05, 4.69) is 45.3 Å². The van der Waals surface area contributed by atoms with E-state index < -0.39 is 11.7 Å². The number of rotatable bonds is 4. The maximum absolute atomic E-state index is 13.7. The molecule has 37 heavy (non-hydrogen) atoms. The average Bonchev–Trinajstić information content (AvgIpc) is 2.90. The number of fused-ring (bicyclic) bond motifs is 2. The molecule has 3 heterocycles. The molecule has 0 aromatic heterocycles. The van der Waals surface area contributed by atoms with Gasteiger partial charge in [-0.15, -0.1) is 0 Å². The fourth-order valence-electron chi connectivity index (χ4n) is 5.03. The predicted octanol–water partition coefficient (Wildman–Crippen LogP) is 4.81. The van der Waals surface area contributed by atoms with E-state index in [0.29, 0.717) is 31.2 Å². The Labute approximate surface area is 214 Å². The summed E-state index contributed by atoms with van der Waals surface area (Å²) >= 11 is 0. The van der Waals surface area contributed by atoms with Crippen molar-refractivity contribution in [2.45, 2.75) is 32.1 Å². The molecule has 0 atom stereocenters. The van der Waals surface area contributed by atoms with Gasteiger partial charge in [0.25, 0.3) is 5.91 Å². The Kier molecular flexibility index (Phi) is 6.90. The number of aliphatic imine (C=N–C) groups is 1. The van der Waals surface area contributed by atoms with Gasteiger partial charge < -0.3 is 4.90 Å². The van der Waals surface area contributed by atoms with Crippen molar-refractivity contribution in [1.82, 2.24) is 14.7 Å². The summed E-state index contributed by atoms with van der Waals surface area (Å²) in [6.07, 6.45) is -1.20. The molecule has 1 amide bonds. The molecular weight excluding hydrogens is 477 g/mol. The molecule has 0 unspecified atom stereocenters. The lowest BCUT2D eigenvalue weighted by Crippen LogP contribution is -2.56. The zero-order valence-corrected chi connectivity index (χ0v) is 20.4. The molecule has 5 nitrogen and oxygen atoms in total. The van der Waals surface area contributed by atoms with Crippen LogP contribution in [0.4, 0.5) is 13.2 Å². The van der Waals surface area contributed by atoms with Crippen LogP contribution in [0.25, 0.3) is 0 Å². The zero-order chi connectivity index (χ0) is 26.0. The van der Waals surface area contributed by atoms with Crippen molar-refractivity contribution in [2.24, 2.45) is 4.99 Å². The summed E-state index contributed by atoms with van der Waals surface area (Å²) in [4.78, 5) is 24.4. The summed E-state index contributed by atoms with van der Waals surface area (Å²) < 4.78 is 39.0. The predicted molar refractivity (Wildman–Crippen MR) is 136 cm³/mol. The lowest BCUT2D eigenvalue weighted by molar-refractivity contribution is -0.137. The van der Waals surface area contributed by atoms with Crippen LogP contribution in [0.5, 0.6) is 0 Å². The second-order valence-electron chi connectivity index (χ2n) is 9.33. The first-order valence-electron chi connectivity index (χ1n) is 12.3. The zero-order valence-electron chi connectivity index (χ0n) is 20.4. The number of nitrogens with zero attached hydrogens (tertiary/aromatic N) is 4. The molecule has 0 saturated carbocycles. The summed E-state index contributed by atoms with van der Waals surface area (Å²) in [6, 6.07) is 13.0. The van der Waals surface area contributed by atoms with Gasteiger partial charge in [-0.05, 0) is 47.9 Å². The number of amides is 1. The standard InChI is InChI=1S/C29H27F3N4O/c1-2-3-6-21-7-4-8-23(17-21)18-34-16-13-26-25(20-34)27(37)36(28-33-14-5-15-35(26)28)19-22-9-11-24(12-10-22)29(30,31)32/h2,4,7-12,17H,1,5,13-16,18-20H2. The van der Waals surface area contributed by atoms with Gasteiger partial charge in [0.2, 0.25) is 5.96 Å². The molecule has 0 saturated heterocycles. The molecule has 0 N–H and O–H groups in total. The maximum Gasteiger partial charge on any atom is 0.416 e. The number of benzene rings is 2. The lowest BCUT2D eigenvalue weighted by Gasteiger charge is -2.45. The fourth-order valence-corrected chi connectivity index (χ4v) is 5.03. The third-order valence-electron chi connectivity index (χ3n) is 6.77. The third kappa shape index (κ3) is 5.32. The molecule has 2 aromatic rings. The van der Waals surface area contributed by atoms with Crippen LogP contribution in [0.2, 0.25) is 0 Å². The summed E-state index contributed by atoms with van der Waals surface area (Å²) in [5.74, 6) is 6.41. The highest BCUT2D eigenvalue weighted by molar-refractivity contribution is 6.09. The molecule has 5 rings (SSSR count). The molecule has 3 aliphatic heterocycles. The van der Waals surface area contributed by atoms with E-state index in [1.54, 1.807) is 11.0 Å². The second kappa shape index (κ2) is 10.3. The first-order valence-corrected chi connectivity index (χ1v) is 12.3. The van der Waals surface area contributed by atoms with Gasteiger partial charge >= 0.3 is 6.18 Å². The second-order valence-corrected chi connectivity index (χ2v) is 9.33. The van der Waals surface area contributed by atoms with E-state index >= 15 is 0 Å². The van der Waals surface area contributed by atoms with Crippen LogP contribution in [0, 0.1) is 11.8 Å². The normalized spacial score (nSPS) is 18.0. The molecule has 2 aromatic carbocycles. The van der Waals surface area contributed by atoms with Gasteiger partial charge in [0.05, 0.1) is 17.7 Å². The van der Waals surface area contributed by atoms with Crippen LogP contribution < -0.4 is 0 Å². The SMILES string of the molecule is C=CC#Cc1cccc(CN2CCC3=C(C2)C(=O)N(Cc2ccc(C(F)(F)F)cc2)C2=NCCCN23)c1. The molecule has 3 aliphatic rings. The smallest absolute Gasteiger partial charge is 0.315 e. The minimum atomic E-state index is -4.40. The minimum Gasteiger partial charge on any atom is -0.315 e. The van der Waals surface area contributed by atoms with E-state index in [1.807, 2.05) is 12.1 Å². The molecule has 190 valence electrons. The Morgan fingerprint density at radius 3 is 2.62 bits per heavy atom. The lowest BCUT2D eigenvalue weighted by atomic mass is 9.98. The van der Waals surface area contributed by atoms with Gasteiger partial charge in [0.1, 0.15) is 0 Å². The average molecular weight is 505 g/mol. The van der Waals surface area contributed by atoms with Crippen molar-refractivity contribution in [3.05, 3.63) is 94.7 Å². The van der Waals surface area contributed by atoms with Crippen molar-refractivity contribution in [1.29, 1.82) is 0 Å². The fraction of sp³-hybridized carbons (Fsp3) is 0.310. The van der Waals surface area contributed by atoms with E-state index in [9.17, 15) is 18.0 Å². The van der Waals surface area contributed by atoms with E-state index in [1.165, 1.54) is 12.1 Å². The molecule has 8 heteroatoms. The van der Waals surface area contributed by atoms with Crippen LogP contribution in [-0.2, 0) is 24.1 Å². The number of carbonyl (C=O) groups is 1. The van der Waals surface area contributed by atoms with Gasteiger partial charge in [0, 0.05) is 50.4 Å². The largest absolute Gasteiger partial charge is 0.416 e. The number of allylic oxidation sites excluding steroid dienone is 1. The van der Waals surface area contributed by atoms with Crippen molar-refractivity contribution in [3.63, 3.8) is 0 Å².